The Morgan fingerprint density at radius 3 is 2.32 bits per heavy atom. The molecule has 3 aromatic rings. The number of hydrogen-bond acceptors (Lipinski definition) is 2. The van der Waals surface area contributed by atoms with Gasteiger partial charge in [-0.2, -0.15) is 0 Å². The monoisotopic (exact) mass is 390 g/mol. The van der Waals surface area contributed by atoms with Crippen LogP contribution >= 0.6 is 11.6 Å². The molecule has 0 aliphatic carbocycles. The predicted molar refractivity (Wildman–Crippen MR) is 118 cm³/mol. The maximum Gasteiger partial charge on any atom is 0.0406 e. The number of nitrogens with zero attached hydrogens (tertiary/aromatic N) is 1. The van der Waals surface area contributed by atoms with Gasteiger partial charge in [0, 0.05) is 37.2 Å². The molecule has 0 saturated heterocycles. The quantitative estimate of drug-likeness (QED) is 0.564. The summed E-state index contributed by atoms with van der Waals surface area (Å²) in [5.41, 5.74) is 5.66. The van der Waals surface area contributed by atoms with Gasteiger partial charge in [-0.25, -0.2) is 0 Å². The van der Waals surface area contributed by atoms with Crippen LogP contribution in [0.4, 0.5) is 0 Å². The van der Waals surface area contributed by atoms with Gasteiger partial charge in [-0.15, -0.1) is 0 Å². The van der Waals surface area contributed by atoms with E-state index in [0.717, 1.165) is 44.0 Å². The molecule has 3 heteroatoms. The molecule has 1 aliphatic heterocycles. The van der Waals surface area contributed by atoms with Crippen LogP contribution in [0.25, 0.3) is 0 Å². The van der Waals surface area contributed by atoms with E-state index in [4.69, 9.17) is 11.6 Å². The van der Waals surface area contributed by atoms with E-state index in [1.807, 2.05) is 12.1 Å². The summed E-state index contributed by atoms with van der Waals surface area (Å²) >= 11 is 6.07. The fourth-order valence-electron chi connectivity index (χ4n) is 4.05. The zero-order valence-corrected chi connectivity index (χ0v) is 16.9. The minimum absolute atomic E-state index is 0.523. The Hall–Kier alpha value is -2.13. The van der Waals surface area contributed by atoms with E-state index in [9.17, 15) is 0 Å². The van der Waals surface area contributed by atoms with Crippen molar-refractivity contribution in [1.82, 2.24) is 10.2 Å². The molecule has 1 unspecified atom stereocenters. The van der Waals surface area contributed by atoms with E-state index >= 15 is 0 Å². The highest BCUT2D eigenvalue weighted by Crippen LogP contribution is 2.25. The summed E-state index contributed by atoms with van der Waals surface area (Å²) in [4.78, 5) is 2.63. The lowest BCUT2D eigenvalue weighted by Gasteiger charge is -2.37. The fraction of sp³-hybridized carbons (Fsp3) is 0.280. The molecule has 144 valence electrons. The van der Waals surface area contributed by atoms with Gasteiger partial charge >= 0.3 is 0 Å². The first-order valence-corrected chi connectivity index (χ1v) is 10.5. The van der Waals surface area contributed by atoms with E-state index < -0.39 is 0 Å². The molecule has 1 aliphatic rings. The van der Waals surface area contributed by atoms with Gasteiger partial charge in [0.05, 0.1) is 0 Å². The van der Waals surface area contributed by atoms with Gasteiger partial charge in [-0.05, 0) is 47.2 Å². The standard InChI is InChI=1S/C25H27ClN2/c26-24-12-10-20(11-13-24)16-25-17-22-8-4-5-9-23(22)19-28(25)15-14-27-18-21-6-2-1-3-7-21/h1-13,25,27H,14-19H2. The summed E-state index contributed by atoms with van der Waals surface area (Å²) < 4.78 is 0. The first kappa shape index (κ1) is 19.2. The number of benzene rings is 3. The Morgan fingerprint density at radius 2 is 1.54 bits per heavy atom. The van der Waals surface area contributed by atoms with Crippen LogP contribution in [0.5, 0.6) is 0 Å². The first-order chi connectivity index (χ1) is 13.8. The van der Waals surface area contributed by atoms with Gasteiger partial charge in [0.25, 0.3) is 0 Å². The van der Waals surface area contributed by atoms with Crippen molar-refractivity contribution in [3.8, 4) is 0 Å². The van der Waals surface area contributed by atoms with Crippen LogP contribution in [0.15, 0.2) is 78.9 Å². The molecule has 28 heavy (non-hydrogen) atoms. The van der Waals surface area contributed by atoms with Crippen molar-refractivity contribution in [1.29, 1.82) is 0 Å². The van der Waals surface area contributed by atoms with Crippen molar-refractivity contribution >= 4 is 11.6 Å². The Labute approximate surface area is 173 Å². The number of halogens is 1. The molecule has 0 fully saturated rings. The summed E-state index contributed by atoms with van der Waals surface area (Å²) in [7, 11) is 0. The van der Waals surface area contributed by atoms with Gasteiger partial charge in [0.2, 0.25) is 0 Å². The second-order valence-corrected chi connectivity index (χ2v) is 8.03. The van der Waals surface area contributed by atoms with Gasteiger partial charge in [0.1, 0.15) is 0 Å². The van der Waals surface area contributed by atoms with Crippen LogP contribution < -0.4 is 5.32 Å². The molecular weight excluding hydrogens is 364 g/mol. The van der Waals surface area contributed by atoms with Crippen LogP contribution in [0.3, 0.4) is 0 Å². The van der Waals surface area contributed by atoms with Gasteiger partial charge < -0.3 is 5.32 Å². The average Bonchev–Trinajstić information content (AvgIpc) is 2.74. The molecule has 2 nitrogen and oxygen atoms in total. The maximum atomic E-state index is 6.07. The Kier molecular flexibility index (Phi) is 6.43. The Bertz CT molecular complexity index is 877. The van der Waals surface area contributed by atoms with Crippen LogP contribution in [-0.2, 0) is 25.9 Å². The van der Waals surface area contributed by atoms with Crippen LogP contribution in [-0.4, -0.2) is 24.0 Å². The fourth-order valence-corrected chi connectivity index (χ4v) is 4.17. The summed E-state index contributed by atoms with van der Waals surface area (Å²) in [5.74, 6) is 0. The molecule has 0 saturated carbocycles. The molecular formula is C25H27ClN2. The third kappa shape index (κ3) is 5.02. The number of nitrogens with one attached hydrogen (secondary N) is 1. The van der Waals surface area contributed by atoms with E-state index in [1.165, 1.54) is 22.3 Å². The minimum Gasteiger partial charge on any atom is -0.311 e. The average molecular weight is 391 g/mol. The van der Waals surface area contributed by atoms with Gasteiger partial charge in [-0.1, -0.05) is 78.3 Å². The highest BCUT2D eigenvalue weighted by atomic mass is 35.5. The summed E-state index contributed by atoms with van der Waals surface area (Å²) in [6, 6.07) is 28.3. The molecule has 0 spiro atoms. The predicted octanol–water partition coefficient (Wildman–Crippen LogP) is 5.10. The topological polar surface area (TPSA) is 15.3 Å². The highest BCUT2D eigenvalue weighted by Gasteiger charge is 2.25. The van der Waals surface area contributed by atoms with Crippen molar-refractivity contribution < 1.29 is 0 Å². The van der Waals surface area contributed by atoms with Crippen LogP contribution in [0, 0.1) is 0 Å². The smallest absolute Gasteiger partial charge is 0.0406 e. The highest BCUT2D eigenvalue weighted by molar-refractivity contribution is 6.30. The summed E-state index contributed by atoms with van der Waals surface area (Å²) in [5, 5.41) is 4.41. The van der Waals surface area contributed by atoms with E-state index in [2.05, 4.69) is 76.9 Å². The second-order valence-electron chi connectivity index (χ2n) is 7.59. The van der Waals surface area contributed by atoms with Crippen LogP contribution in [0.2, 0.25) is 5.02 Å². The summed E-state index contributed by atoms with van der Waals surface area (Å²) in [6.07, 6.45) is 2.17. The SMILES string of the molecule is Clc1ccc(CC2Cc3ccccc3CN2CCNCc2ccccc2)cc1. The molecule has 4 rings (SSSR count). The van der Waals surface area contributed by atoms with Crippen molar-refractivity contribution in [3.05, 3.63) is 106 Å². The molecule has 0 aromatic heterocycles. The molecule has 0 radical (unpaired) electrons. The molecule has 3 aromatic carbocycles. The Morgan fingerprint density at radius 1 is 0.821 bits per heavy atom. The zero-order chi connectivity index (χ0) is 19.2. The van der Waals surface area contributed by atoms with Crippen molar-refractivity contribution in [2.75, 3.05) is 13.1 Å². The van der Waals surface area contributed by atoms with E-state index in [1.54, 1.807) is 0 Å². The second kappa shape index (κ2) is 9.38. The molecule has 1 N–H and O–H groups in total. The molecule has 0 bridgehead atoms. The Balaban J connectivity index is 1.40. The molecule has 1 atom stereocenters. The lowest BCUT2D eigenvalue weighted by molar-refractivity contribution is 0.170. The molecule has 1 heterocycles. The normalized spacial score (nSPS) is 16.7. The van der Waals surface area contributed by atoms with Crippen molar-refractivity contribution in [2.45, 2.75) is 32.0 Å². The van der Waals surface area contributed by atoms with E-state index in [0.29, 0.717) is 6.04 Å². The van der Waals surface area contributed by atoms with Gasteiger partial charge in [0.15, 0.2) is 0 Å². The number of fused-ring (bicyclic) bond motifs is 1. The largest absolute Gasteiger partial charge is 0.311 e. The third-order valence-electron chi connectivity index (χ3n) is 5.60. The van der Waals surface area contributed by atoms with Crippen LogP contribution in [0.1, 0.15) is 22.3 Å². The van der Waals surface area contributed by atoms with Crippen molar-refractivity contribution in [2.24, 2.45) is 0 Å². The van der Waals surface area contributed by atoms with Crippen molar-refractivity contribution in [3.63, 3.8) is 0 Å². The minimum atomic E-state index is 0.523. The zero-order valence-electron chi connectivity index (χ0n) is 16.2. The third-order valence-corrected chi connectivity index (χ3v) is 5.85. The van der Waals surface area contributed by atoms with Gasteiger partial charge in [-0.3, -0.25) is 4.90 Å². The maximum absolute atomic E-state index is 6.07. The lowest BCUT2D eigenvalue weighted by Crippen LogP contribution is -2.44. The molecule has 0 amide bonds. The summed E-state index contributed by atoms with van der Waals surface area (Å²) in [6.45, 7) is 4.00. The first-order valence-electron chi connectivity index (χ1n) is 10.1. The number of hydrogen-bond donors (Lipinski definition) is 1. The lowest BCUT2D eigenvalue weighted by atomic mass is 9.90. The van der Waals surface area contributed by atoms with E-state index in [-0.39, 0.29) is 0 Å². The number of rotatable bonds is 7.